The van der Waals surface area contributed by atoms with Crippen LogP contribution in [0.2, 0.25) is 0 Å². The summed E-state index contributed by atoms with van der Waals surface area (Å²) in [6.07, 6.45) is 5.86. The Morgan fingerprint density at radius 3 is 2.75 bits per heavy atom. The van der Waals surface area contributed by atoms with Gasteiger partial charge in [0, 0.05) is 35.6 Å². The summed E-state index contributed by atoms with van der Waals surface area (Å²) in [5.74, 6) is 1.48. The van der Waals surface area contributed by atoms with Crippen LogP contribution in [-0.2, 0) is 13.0 Å². The highest BCUT2D eigenvalue weighted by molar-refractivity contribution is 8.17. The first-order valence-corrected chi connectivity index (χ1v) is 13.8. The second kappa shape index (κ2) is 11.7. The largest absolute Gasteiger partial charge is 0.397 e. The van der Waals surface area contributed by atoms with Gasteiger partial charge in [-0.05, 0) is 42.0 Å². The summed E-state index contributed by atoms with van der Waals surface area (Å²) in [5, 5.41) is 12.3. The molecule has 188 valence electrons. The maximum Gasteiger partial charge on any atom is 0.342 e. The number of aryl methyl sites for hydroxylation is 1. The van der Waals surface area contributed by atoms with Gasteiger partial charge in [0.25, 0.3) is 0 Å². The van der Waals surface area contributed by atoms with Gasteiger partial charge in [0.2, 0.25) is 0 Å². The fourth-order valence-corrected chi connectivity index (χ4v) is 6.94. The number of imidazole rings is 1. The molecule has 0 aliphatic carbocycles. The number of pyridine rings is 2. The van der Waals surface area contributed by atoms with Crippen LogP contribution in [0.5, 0.6) is 0 Å². The van der Waals surface area contributed by atoms with E-state index in [0.29, 0.717) is 29.1 Å². The predicted molar refractivity (Wildman–Crippen MR) is 149 cm³/mol. The van der Waals surface area contributed by atoms with E-state index >= 15 is 0 Å². The molecular formula is C26H30N6O2S2. The number of hydrogen-bond donors (Lipinski definition) is 1. The van der Waals surface area contributed by atoms with Crippen molar-refractivity contribution in [3.05, 3.63) is 81.7 Å². The molecule has 2 N–H and O–H groups in total. The molecule has 0 spiro atoms. The molecule has 3 aromatic heterocycles. The molecule has 0 aliphatic heterocycles. The zero-order valence-corrected chi connectivity index (χ0v) is 22.3. The van der Waals surface area contributed by atoms with Gasteiger partial charge in [-0.2, -0.15) is 0 Å². The van der Waals surface area contributed by atoms with E-state index in [-0.39, 0.29) is 10.7 Å². The first-order chi connectivity index (χ1) is 17.4. The molecular weight excluding hydrogens is 492 g/mol. The van der Waals surface area contributed by atoms with E-state index in [9.17, 15) is 10.1 Å². The van der Waals surface area contributed by atoms with Crippen LogP contribution >= 0.6 is 23.5 Å². The number of rotatable bonds is 11. The van der Waals surface area contributed by atoms with Gasteiger partial charge in [-0.1, -0.05) is 31.5 Å². The molecule has 0 saturated heterocycles. The van der Waals surface area contributed by atoms with Crippen molar-refractivity contribution in [2.75, 3.05) is 11.5 Å². The van der Waals surface area contributed by atoms with E-state index in [1.54, 1.807) is 11.5 Å². The van der Waals surface area contributed by atoms with Crippen LogP contribution in [-0.4, -0.2) is 34.8 Å². The number of aromatic nitrogens is 4. The van der Waals surface area contributed by atoms with Gasteiger partial charge in [-0.3, -0.25) is 9.97 Å². The molecule has 1 aromatic carbocycles. The van der Waals surface area contributed by atoms with Crippen molar-refractivity contribution in [2.45, 2.75) is 56.1 Å². The summed E-state index contributed by atoms with van der Waals surface area (Å²) in [5.41, 5.74) is 10.9. The highest BCUT2D eigenvalue weighted by Gasteiger charge is 2.19. The van der Waals surface area contributed by atoms with Crippen molar-refractivity contribution in [3.63, 3.8) is 0 Å². The van der Waals surface area contributed by atoms with Crippen LogP contribution in [0.4, 0.5) is 11.5 Å². The summed E-state index contributed by atoms with van der Waals surface area (Å²) in [6, 6.07) is 12.0. The first kappa shape index (κ1) is 26.0. The Bertz CT molecular complexity index is 1370. The third-order valence-corrected chi connectivity index (χ3v) is 8.97. The van der Waals surface area contributed by atoms with Gasteiger partial charge in [-0.15, -0.1) is 23.5 Å². The van der Waals surface area contributed by atoms with Crippen LogP contribution in [0.1, 0.15) is 42.5 Å². The number of nitrogen functional groups attached to an aromatic ring is 1. The standard InChI is InChI=1S/C26H30N6O2S2/c1-4-7-26(35-13-12-31-18(3)29-16-25(31)32(33)34)36-24-10-11-28-22(17(24)2)15-23-20(27)14-19-8-5-6-9-21(19)30-23/h5-6,8-11,14,16,26H,4,7,12-13,15,27H2,1-3H3. The molecule has 10 heteroatoms. The van der Waals surface area contributed by atoms with Crippen molar-refractivity contribution in [3.8, 4) is 0 Å². The summed E-state index contributed by atoms with van der Waals surface area (Å²) in [6.45, 7) is 6.64. The van der Waals surface area contributed by atoms with Gasteiger partial charge in [0.05, 0.1) is 27.2 Å². The molecule has 3 heterocycles. The molecule has 8 nitrogen and oxygen atoms in total. The molecule has 4 rings (SSSR count). The van der Waals surface area contributed by atoms with E-state index in [1.165, 1.54) is 11.1 Å². The van der Waals surface area contributed by atoms with Crippen molar-refractivity contribution < 1.29 is 4.92 Å². The Morgan fingerprint density at radius 2 is 1.97 bits per heavy atom. The zero-order chi connectivity index (χ0) is 25.7. The van der Waals surface area contributed by atoms with E-state index in [2.05, 4.69) is 29.9 Å². The number of anilines is 1. The molecule has 0 aliphatic rings. The molecule has 1 atom stereocenters. The number of para-hydroxylation sites is 1. The highest BCUT2D eigenvalue weighted by atomic mass is 32.2. The molecule has 0 fully saturated rings. The zero-order valence-electron chi connectivity index (χ0n) is 20.7. The molecule has 0 radical (unpaired) electrons. The van der Waals surface area contributed by atoms with Gasteiger partial charge < -0.3 is 15.8 Å². The highest BCUT2D eigenvalue weighted by Crippen LogP contribution is 2.37. The summed E-state index contributed by atoms with van der Waals surface area (Å²) in [4.78, 5) is 25.6. The minimum Gasteiger partial charge on any atom is -0.397 e. The van der Waals surface area contributed by atoms with Crippen LogP contribution in [0, 0.1) is 24.0 Å². The van der Waals surface area contributed by atoms with Crippen molar-refractivity contribution in [1.29, 1.82) is 0 Å². The molecule has 0 amide bonds. The monoisotopic (exact) mass is 522 g/mol. The first-order valence-electron chi connectivity index (χ1n) is 11.9. The maximum atomic E-state index is 11.3. The average Bonchev–Trinajstić information content (AvgIpc) is 3.22. The number of nitrogens with zero attached hydrogens (tertiary/aromatic N) is 5. The molecule has 0 bridgehead atoms. The average molecular weight is 523 g/mol. The lowest BCUT2D eigenvalue weighted by atomic mass is 10.1. The van der Waals surface area contributed by atoms with Crippen LogP contribution < -0.4 is 5.73 Å². The fraction of sp³-hybridized carbons (Fsp3) is 0.346. The van der Waals surface area contributed by atoms with Gasteiger partial charge in [0.15, 0.2) is 5.82 Å². The quantitative estimate of drug-likeness (QED) is 0.108. The van der Waals surface area contributed by atoms with Crippen molar-refractivity contribution in [1.82, 2.24) is 19.5 Å². The lowest BCUT2D eigenvalue weighted by Gasteiger charge is -2.18. The van der Waals surface area contributed by atoms with Crippen LogP contribution in [0.15, 0.2) is 53.7 Å². The van der Waals surface area contributed by atoms with E-state index < -0.39 is 0 Å². The number of nitro groups is 1. The smallest absolute Gasteiger partial charge is 0.342 e. The minimum absolute atomic E-state index is 0.0454. The number of thioether (sulfide) groups is 2. The lowest BCUT2D eigenvalue weighted by molar-refractivity contribution is -0.392. The third kappa shape index (κ3) is 5.99. The molecule has 36 heavy (non-hydrogen) atoms. The number of hydrogen-bond acceptors (Lipinski definition) is 8. The Hall–Kier alpha value is -3.11. The van der Waals surface area contributed by atoms with Crippen LogP contribution in [0.3, 0.4) is 0 Å². The Morgan fingerprint density at radius 1 is 1.17 bits per heavy atom. The van der Waals surface area contributed by atoms with Crippen molar-refractivity contribution in [2.24, 2.45) is 0 Å². The predicted octanol–water partition coefficient (Wildman–Crippen LogP) is 6.18. The number of fused-ring (bicyclic) bond motifs is 1. The van der Waals surface area contributed by atoms with Crippen LogP contribution in [0.25, 0.3) is 10.9 Å². The summed E-state index contributed by atoms with van der Waals surface area (Å²) in [7, 11) is 0. The lowest BCUT2D eigenvalue weighted by Crippen LogP contribution is -2.09. The Balaban J connectivity index is 1.46. The maximum absolute atomic E-state index is 11.3. The third-order valence-electron chi connectivity index (χ3n) is 6.05. The second-order valence-electron chi connectivity index (χ2n) is 8.55. The number of nitrogens with two attached hydrogens (primary N) is 1. The van der Waals surface area contributed by atoms with Crippen molar-refractivity contribution >= 4 is 45.9 Å². The summed E-state index contributed by atoms with van der Waals surface area (Å²) >= 11 is 3.67. The normalized spacial score (nSPS) is 12.2. The minimum atomic E-state index is -0.373. The number of benzene rings is 1. The molecule has 1 unspecified atom stereocenters. The van der Waals surface area contributed by atoms with Gasteiger partial charge in [-0.25, -0.2) is 9.55 Å². The summed E-state index contributed by atoms with van der Waals surface area (Å²) < 4.78 is 2.01. The fourth-order valence-electron chi connectivity index (χ4n) is 4.04. The van der Waals surface area contributed by atoms with E-state index in [1.807, 2.05) is 60.1 Å². The molecule has 4 aromatic rings. The Labute approximate surface area is 219 Å². The van der Waals surface area contributed by atoms with E-state index in [0.717, 1.165) is 46.4 Å². The molecule has 0 saturated carbocycles. The van der Waals surface area contributed by atoms with Gasteiger partial charge >= 0.3 is 5.82 Å². The van der Waals surface area contributed by atoms with E-state index in [4.69, 9.17) is 10.7 Å². The SMILES string of the molecule is CCCC(SCCn1c([N+](=O)[O-])cnc1C)Sc1ccnc(Cc2nc3ccccc3cc2N)c1C. The Kier molecular flexibility index (Phi) is 8.48. The second-order valence-corrected chi connectivity index (χ2v) is 11.4. The van der Waals surface area contributed by atoms with Gasteiger partial charge in [0.1, 0.15) is 12.7 Å². The topological polar surface area (TPSA) is 113 Å².